The van der Waals surface area contributed by atoms with E-state index in [9.17, 15) is 44.1 Å². The number of phenolic OH excluding ortho intramolecular Hbond substituents is 3. The van der Waals surface area contributed by atoms with Crippen LogP contribution in [-0.2, 0) is 38.2 Å². The van der Waals surface area contributed by atoms with Crippen LogP contribution in [-0.4, -0.2) is 63.0 Å². The van der Waals surface area contributed by atoms with E-state index >= 15 is 0 Å². The lowest BCUT2D eigenvalue weighted by Gasteiger charge is -2.36. The molecule has 2 atom stereocenters. The summed E-state index contributed by atoms with van der Waals surface area (Å²) in [6.45, 7) is 25.6. The standard InChI is InChI=1S/C40H44O7.C39H44O6/c1-7-8-10-27(2)11-9-12-28(3)13-20-35-29(4)39(45)36(26-40(35,5)6)47-38(44)22-21-37(43)46-34-18-16-30(17-19-34)14-15-31-23-32(41)25-33(42)24-31;1-8-26(2)10-9-11-27(3)12-19-34-29(5)38(43)35(25-39(34,6)7)45-37(42)21-20-36(41)44-33-17-15-30(16-18-33)13-14-31-22-28(4)23-32(40)24-31/h7-20,23-25,36,41-42H,21-22,26H2,1-6H3;8-19,22-24,35,40H,20-21,25H2,1-7H3/b8-7+,11-9+,15-14+,20-13+,27-10+,28-12+;10-9+,14-13+,19-12+,26-8+,27-11+. The molecule has 3 N–H and O–H groups in total. The van der Waals surface area contributed by atoms with Crippen molar-refractivity contribution in [2.75, 3.05) is 0 Å². The quantitative estimate of drug-likeness (QED) is 0.0274. The molecular weight excluding hydrogens is 1160 g/mol. The van der Waals surface area contributed by atoms with Gasteiger partial charge in [-0.3, -0.25) is 28.8 Å². The van der Waals surface area contributed by atoms with Crippen LogP contribution in [0.25, 0.3) is 24.3 Å². The van der Waals surface area contributed by atoms with Gasteiger partial charge in [0, 0.05) is 18.9 Å². The highest BCUT2D eigenvalue weighted by molar-refractivity contribution is 6.02. The number of carbonyl (C=O) groups excluding carboxylic acids is 6. The van der Waals surface area contributed by atoms with E-state index in [0.29, 0.717) is 41.1 Å². The largest absolute Gasteiger partial charge is 0.508 e. The lowest BCUT2D eigenvalue weighted by atomic mass is 9.71. The minimum absolute atomic E-state index is 0.0404. The van der Waals surface area contributed by atoms with Crippen LogP contribution < -0.4 is 9.47 Å². The Kier molecular flexibility index (Phi) is 27.7. The summed E-state index contributed by atoms with van der Waals surface area (Å²) in [6, 6.07) is 23.3. The van der Waals surface area contributed by atoms with Crippen LogP contribution in [0.3, 0.4) is 0 Å². The lowest BCUT2D eigenvalue weighted by molar-refractivity contribution is -0.157. The van der Waals surface area contributed by atoms with Gasteiger partial charge in [0.25, 0.3) is 0 Å². The molecule has 0 saturated heterocycles. The van der Waals surface area contributed by atoms with Crippen LogP contribution in [0.1, 0.15) is 149 Å². The van der Waals surface area contributed by atoms with E-state index in [-0.39, 0.29) is 59.9 Å². The molecular formula is C79H88O13. The van der Waals surface area contributed by atoms with E-state index in [2.05, 4.69) is 0 Å². The van der Waals surface area contributed by atoms with Crippen molar-refractivity contribution in [2.24, 2.45) is 10.8 Å². The first-order chi connectivity index (χ1) is 43.5. The smallest absolute Gasteiger partial charge is 0.311 e. The molecule has 0 spiro atoms. The molecule has 92 heavy (non-hydrogen) atoms. The van der Waals surface area contributed by atoms with Gasteiger partial charge in [-0.1, -0.05) is 190 Å². The molecule has 0 heterocycles. The van der Waals surface area contributed by atoms with Gasteiger partial charge in [-0.2, -0.15) is 0 Å². The first-order valence-corrected chi connectivity index (χ1v) is 30.7. The third-order valence-electron chi connectivity index (χ3n) is 15.2. The summed E-state index contributed by atoms with van der Waals surface area (Å²) in [5.74, 6) is -2.06. The van der Waals surface area contributed by atoms with Crippen molar-refractivity contribution in [1.29, 1.82) is 0 Å². The molecule has 0 radical (unpaired) electrons. The van der Waals surface area contributed by atoms with Crippen LogP contribution in [0, 0.1) is 17.8 Å². The van der Waals surface area contributed by atoms with Gasteiger partial charge >= 0.3 is 23.9 Å². The predicted molar refractivity (Wildman–Crippen MR) is 367 cm³/mol. The molecule has 13 heteroatoms. The number of phenols is 3. The molecule has 0 amide bonds. The van der Waals surface area contributed by atoms with E-state index < -0.39 is 41.5 Å². The Labute approximate surface area is 543 Å². The number of allylic oxidation sites excluding steroid dienone is 20. The second-order valence-corrected chi connectivity index (χ2v) is 24.3. The van der Waals surface area contributed by atoms with Gasteiger partial charge in [0.1, 0.15) is 28.7 Å². The van der Waals surface area contributed by atoms with Gasteiger partial charge in [0.15, 0.2) is 23.8 Å². The summed E-state index contributed by atoms with van der Waals surface area (Å²) in [5, 5.41) is 29.0. The van der Waals surface area contributed by atoms with Crippen molar-refractivity contribution in [2.45, 2.75) is 141 Å². The molecule has 482 valence electrons. The average molecular weight is 1250 g/mol. The van der Waals surface area contributed by atoms with E-state index in [1.54, 1.807) is 86.7 Å². The van der Waals surface area contributed by atoms with Gasteiger partial charge in [0.2, 0.25) is 0 Å². The van der Waals surface area contributed by atoms with Crippen LogP contribution in [0.5, 0.6) is 28.7 Å². The number of esters is 4. The second kappa shape index (κ2) is 34.9. The maximum absolute atomic E-state index is 13.2. The monoisotopic (exact) mass is 1240 g/mol. The molecule has 0 aliphatic heterocycles. The SMILES string of the molecule is C/C=C(C)/C=C/C=C(C)/C=C/C1=C(C)C(=O)C(OC(=O)CCC(=O)Oc2ccc(/C=C/c3cc(C)cc(O)c3)cc2)CC1(C)C.C/C=C/C=C(C)/C=C/C=C(C)/C=C/C1=C(C)C(=O)C(OC(=O)CCC(=O)Oc2ccc(/C=C/c3cc(O)cc(O)c3)cc2)CC1(C)C. The fourth-order valence-corrected chi connectivity index (χ4v) is 10.1. The zero-order valence-corrected chi connectivity index (χ0v) is 55.3. The fourth-order valence-electron chi connectivity index (χ4n) is 10.1. The Morgan fingerprint density at radius 2 is 0.815 bits per heavy atom. The molecule has 0 fully saturated rings. The van der Waals surface area contributed by atoms with Crippen molar-refractivity contribution in [3.63, 3.8) is 0 Å². The number of ketones is 2. The van der Waals surface area contributed by atoms with Crippen LogP contribution in [0.4, 0.5) is 0 Å². The van der Waals surface area contributed by atoms with Crippen molar-refractivity contribution < 1.29 is 63.0 Å². The van der Waals surface area contributed by atoms with Gasteiger partial charge in [-0.25, -0.2) is 0 Å². The Bertz CT molecular complexity index is 3720. The van der Waals surface area contributed by atoms with Crippen LogP contribution >= 0.6 is 0 Å². The minimum atomic E-state index is -0.915. The lowest BCUT2D eigenvalue weighted by Crippen LogP contribution is -2.39. The highest BCUT2D eigenvalue weighted by atomic mass is 16.6. The molecule has 6 rings (SSSR count). The van der Waals surface area contributed by atoms with E-state index in [4.69, 9.17) is 18.9 Å². The first kappa shape index (κ1) is 72.9. The second-order valence-electron chi connectivity index (χ2n) is 24.3. The molecule has 4 aromatic carbocycles. The number of ether oxygens (including phenoxy) is 4. The summed E-state index contributed by atoms with van der Waals surface area (Å²) in [6.07, 6.45) is 33.4. The minimum Gasteiger partial charge on any atom is -0.508 e. The predicted octanol–water partition coefficient (Wildman–Crippen LogP) is 17.6. The van der Waals surface area contributed by atoms with E-state index in [1.807, 2.05) is 179 Å². The highest BCUT2D eigenvalue weighted by Gasteiger charge is 2.41. The third kappa shape index (κ3) is 24.1. The zero-order valence-electron chi connectivity index (χ0n) is 55.3. The third-order valence-corrected chi connectivity index (χ3v) is 15.2. The van der Waals surface area contributed by atoms with E-state index in [1.165, 1.54) is 23.8 Å². The van der Waals surface area contributed by atoms with Gasteiger partial charge in [-0.05, 0) is 172 Å². The maximum atomic E-state index is 13.2. The number of Topliss-reactive ketones (excluding diaryl/α,β-unsaturated/α-hetero) is 2. The average Bonchev–Trinajstić information content (AvgIpc) is 0.802. The van der Waals surface area contributed by atoms with E-state index in [0.717, 1.165) is 50.1 Å². The van der Waals surface area contributed by atoms with Gasteiger partial charge in [0.05, 0.1) is 25.7 Å². The van der Waals surface area contributed by atoms with Gasteiger partial charge < -0.3 is 34.3 Å². The summed E-state index contributed by atoms with van der Waals surface area (Å²) in [4.78, 5) is 76.4. The molecule has 4 aromatic rings. The van der Waals surface area contributed by atoms with Gasteiger partial charge in [-0.15, -0.1) is 0 Å². The first-order valence-electron chi connectivity index (χ1n) is 30.7. The summed E-state index contributed by atoms with van der Waals surface area (Å²) in [5.41, 5.74) is 10.7. The Morgan fingerprint density at radius 3 is 1.22 bits per heavy atom. The molecule has 2 aliphatic rings. The molecule has 0 aromatic heterocycles. The summed E-state index contributed by atoms with van der Waals surface area (Å²) >= 11 is 0. The van der Waals surface area contributed by atoms with Crippen LogP contribution in [0.15, 0.2) is 215 Å². The number of hydrogen-bond donors (Lipinski definition) is 3. The summed E-state index contributed by atoms with van der Waals surface area (Å²) in [7, 11) is 0. The number of aromatic hydroxyl groups is 3. The molecule has 0 bridgehead atoms. The molecule has 2 aliphatic carbocycles. The maximum Gasteiger partial charge on any atom is 0.311 e. The molecule has 0 saturated carbocycles. The number of rotatable bonds is 23. The van der Waals surface area contributed by atoms with Crippen molar-refractivity contribution in [3.05, 3.63) is 242 Å². The number of benzene rings is 4. The summed E-state index contributed by atoms with van der Waals surface area (Å²) < 4.78 is 21.9. The topological polar surface area (TPSA) is 200 Å². The zero-order chi connectivity index (χ0) is 67.7. The highest BCUT2D eigenvalue weighted by Crippen LogP contribution is 2.42. The fraction of sp³-hybridized carbons (Fsp3) is 0.291. The molecule has 2 unspecified atom stereocenters. The number of carbonyl (C=O) groups is 6. The number of aryl methyl sites for hydroxylation is 1. The Hall–Kier alpha value is -9.88. The van der Waals surface area contributed by atoms with Crippen molar-refractivity contribution >= 4 is 59.7 Å². The van der Waals surface area contributed by atoms with Crippen molar-refractivity contribution in [1.82, 2.24) is 0 Å². The number of hydrogen-bond acceptors (Lipinski definition) is 13. The normalized spacial score (nSPS) is 17.4. The molecule has 13 nitrogen and oxygen atoms in total. The van der Waals surface area contributed by atoms with Crippen molar-refractivity contribution in [3.8, 4) is 28.7 Å². The Morgan fingerprint density at radius 1 is 0.457 bits per heavy atom. The van der Waals surface area contributed by atoms with Crippen LogP contribution in [0.2, 0.25) is 0 Å². The Balaban J connectivity index is 0.000000334.